The third-order valence-corrected chi connectivity index (χ3v) is 3.79. The van der Waals surface area contributed by atoms with Crippen LogP contribution in [0, 0.1) is 16.0 Å². The van der Waals surface area contributed by atoms with E-state index in [9.17, 15) is 19.7 Å². The highest BCUT2D eigenvalue weighted by molar-refractivity contribution is 5.94. The molecule has 2 rings (SSSR count). The number of ketones is 1. The van der Waals surface area contributed by atoms with E-state index in [-0.39, 0.29) is 23.0 Å². The van der Waals surface area contributed by atoms with E-state index in [4.69, 9.17) is 5.73 Å². The van der Waals surface area contributed by atoms with E-state index in [1.807, 2.05) is 0 Å². The number of benzene rings is 1. The molecule has 1 saturated heterocycles. The third kappa shape index (κ3) is 3.18. The molecule has 1 aromatic rings. The van der Waals surface area contributed by atoms with Crippen LogP contribution in [0.15, 0.2) is 18.2 Å². The minimum absolute atomic E-state index is 0.0772. The number of hydrogen-bond acceptors (Lipinski definition) is 5. The molecule has 2 N–H and O–H groups in total. The molecule has 0 radical (unpaired) electrons. The van der Waals surface area contributed by atoms with Crippen LogP contribution >= 0.6 is 0 Å². The molecule has 0 aliphatic carbocycles. The van der Waals surface area contributed by atoms with Gasteiger partial charge in [-0.15, -0.1) is 0 Å². The fourth-order valence-electron chi connectivity index (χ4n) is 2.61. The maximum atomic E-state index is 11.5. The van der Waals surface area contributed by atoms with E-state index in [0.29, 0.717) is 18.8 Å². The molecule has 0 spiro atoms. The Kier molecular flexibility index (Phi) is 4.21. The number of rotatable bonds is 4. The Balaban J connectivity index is 2.40. The highest BCUT2D eigenvalue weighted by Gasteiger charge is 2.28. The SMILES string of the molecule is CC(=O)C1CCCN(c2cc(C(N)=O)ccc2[N+](=O)[O-])C1. The molecular formula is C14H17N3O4. The first kappa shape index (κ1) is 15.0. The number of carbonyl (C=O) groups excluding carboxylic acids is 2. The average Bonchev–Trinajstić information content (AvgIpc) is 2.46. The van der Waals surface area contributed by atoms with Crippen molar-refractivity contribution >= 4 is 23.1 Å². The summed E-state index contributed by atoms with van der Waals surface area (Å²) in [5.74, 6) is -0.685. The second kappa shape index (κ2) is 5.90. The zero-order valence-corrected chi connectivity index (χ0v) is 11.7. The molecule has 1 atom stereocenters. The smallest absolute Gasteiger partial charge is 0.292 e. The van der Waals surface area contributed by atoms with Gasteiger partial charge in [-0.1, -0.05) is 0 Å². The Labute approximate surface area is 121 Å². The maximum absolute atomic E-state index is 11.5. The van der Waals surface area contributed by atoms with Crippen LogP contribution in [0.3, 0.4) is 0 Å². The number of nitro benzene ring substituents is 1. The van der Waals surface area contributed by atoms with Gasteiger partial charge in [0.25, 0.3) is 5.69 Å². The first-order chi connectivity index (χ1) is 9.90. The van der Waals surface area contributed by atoms with Crippen LogP contribution in [-0.4, -0.2) is 29.7 Å². The summed E-state index contributed by atoms with van der Waals surface area (Å²) in [4.78, 5) is 35.3. The Morgan fingerprint density at radius 1 is 1.43 bits per heavy atom. The van der Waals surface area contributed by atoms with Crippen LogP contribution in [0.2, 0.25) is 0 Å². The molecular weight excluding hydrogens is 274 g/mol. The zero-order chi connectivity index (χ0) is 15.6. The average molecular weight is 291 g/mol. The number of Topliss-reactive ketones (excluding diaryl/α,β-unsaturated/α-hetero) is 1. The fraction of sp³-hybridized carbons (Fsp3) is 0.429. The van der Waals surface area contributed by atoms with Crippen molar-refractivity contribution in [2.24, 2.45) is 11.7 Å². The minimum Gasteiger partial charge on any atom is -0.366 e. The lowest BCUT2D eigenvalue weighted by molar-refractivity contribution is -0.384. The van der Waals surface area contributed by atoms with Crippen LogP contribution in [0.5, 0.6) is 0 Å². The van der Waals surface area contributed by atoms with E-state index in [2.05, 4.69) is 0 Å². The largest absolute Gasteiger partial charge is 0.366 e. The highest BCUT2D eigenvalue weighted by Crippen LogP contribution is 2.32. The van der Waals surface area contributed by atoms with Gasteiger partial charge in [0.2, 0.25) is 5.91 Å². The molecule has 112 valence electrons. The number of amides is 1. The number of nitrogens with zero attached hydrogens (tertiary/aromatic N) is 2. The lowest BCUT2D eigenvalue weighted by Gasteiger charge is -2.33. The number of nitro groups is 1. The molecule has 1 aromatic carbocycles. The van der Waals surface area contributed by atoms with Crippen LogP contribution in [-0.2, 0) is 4.79 Å². The van der Waals surface area contributed by atoms with E-state index in [1.54, 1.807) is 4.90 Å². The van der Waals surface area contributed by atoms with Crippen molar-refractivity contribution in [2.45, 2.75) is 19.8 Å². The molecule has 21 heavy (non-hydrogen) atoms. The molecule has 0 saturated carbocycles. The van der Waals surface area contributed by atoms with Gasteiger partial charge in [-0.3, -0.25) is 19.7 Å². The summed E-state index contributed by atoms with van der Waals surface area (Å²) >= 11 is 0. The molecule has 7 heteroatoms. The van der Waals surface area contributed by atoms with Crippen molar-refractivity contribution in [3.05, 3.63) is 33.9 Å². The standard InChI is InChI=1S/C14H17N3O4/c1-9(18)11-3-2-6-16(8-11)13-7-10(14(15)19)4-5-12(13)17(20)21/h4-5,7,11H,2-3,6,8H2,1H3,(H2,15,19). The molecule has 1 amide bonds. The van der Waals surface area contributed by atoms with Crippen LogP contribution < -0.4 is 10.6 Å². The highest BCUT2D eigenvalue weighted by atomic mass is 16.6. The van der Waals surface area contributed by atoms with Gasteiger partial charge in [0, 0.05) is 30.6 Å². The van der Waals surface area contributed by atoms with E-state index in [0.717, 1.165) is 12.8 Å². The van der Waals surface area contributed by atoms with Gasteiger partial charge < -0.3 is 10.6 Å². The predicted molar refractivity (Wildman–Crippen MR) is 77.2 cm³/mol. The summed E-state index contributed by atoms with van der Waals surface area (Å²) in [5.41, 5.74) is 5.73. The molecule has 1 aliphatic heterocycles. The Hall–Kier alpha value is -2.44. The maximum Gasteiger partial charge on any atom is 0.292 e. The van der Waals surface area contributed by atoms with Crippen molar-refractivity contribution in [3.63, 3.8) is 0 Å². The molecule has 1 aliphatic rings. The van der Waals surface area contributed by atoms with E-state index < -0.39 is 10.8 Å². The van der Waals surface area contributed by atoms with Crippen molar-refractivity contribution in [1.82, 2.24) is 0 Å². The lowest BCUT2D eigenvalue weighted by atomic mass is 9.94. The van der Waals surface area contributed by atoms with Crippen LogP contribution in [0.25, 0.3) is 0 Å². The number of hydrogen-bond donors (Lipinski definition) is 1. The van der Waals surface area contributed by atoms with Crippen molar-refractivity contribution < 1.29 is 14.5 Å². The predicted octanol–water partition coefficient (Wildman–Crippen LogP) is 1.50. The Morgan fingerprint density at radius 3 is 2.71 bits per heavy atom. The second-order valence-electron chi connectivity index (χ2n) is 5.22. The summed E-state index contributed by atoms with van der Waals surface area (Å²) in [6, 6.07) is 4.06. The summed E-state index contributed by atoms with van der Waals surface area (Å²) in [7, 11) is 0. The van der Waals surface area contributed by atoms with Crippen LogP contribution in [0.1, 0.15) is 30.1 Å². The quantitative estimate of drug-likeness (QED) is 0.668. The van der Waals surface area contributed by atoms with Gasteiger partial charge in [0.1, 0.15) is 11.5 Å². The Morgan fingerprint density at radius 2 is 2.14 bits per heavy atom. The zero-order valence-electron chi connectivity index (χ0n) is 11.7. The van der Waals surface area contributed by atoms with Gasteiger partial charge in [-0.05, 0) is 31.9 Å². The number of anilines is 1. The molecule has 1 unspecified atom stereocenters. The van der Waals surface area contributed by atoms with Crippen molar-refractivity contribution in [2.75, 3.05) is 18.0 Å². The molecule has 0 aromatic heterocycles. The normalized spacial score (nSPS) is 18.3. The monoisotopic (exact) mass is 291 g/mol. The van der Waals surface area contributed by atoms with Gasteiger partial charge in [-0.2, -0.15) is 0 Å². The van der Waals surface area contributed by atoms with Crippen molar-refractivity contribution in [1.29, 1.82) is 0 Å². The number of primary amides is 1. The lowest BCUT2D eigenvalue weighted by Crippen LogP contribution is -2.38. The Bertz CT molecular complexity index is 600. The van der Waals surface area contributed by atoms with Gasteiger partial charge in [-0.25, -0.2) is 0 Å². The van der Waals surface area contributed by atoms with E-state index >= 15 is 0 Å². The molecule has 1 heterocycles. The third-order valence-electron chi connectivity index (χ3n) is 3.79. The van der Waals surface area contributed by atoms with Crippen molar-refractivity contribution in [3.8, 4) is 0 Å². The molecule has 7 nitrogen and oxygen atoms in total. The topological polar surface area (TPSA) is 107 Å². The minimum atomic E-state index is -0.633. The van der Waals surface area contributed by atoms with Gasteiger partial charge >= 0.3 is 0 Å². The number of nitrogens with two attached hydrogens (primary N) is 1. The summed E-state index contributed by atoms with van der Waals surface area (Å²) in [6.07, 6.45) is 1.57. The summed E-state index contributed by atoms with van der Waals surface area (Å²) < 4.78 is 0. The van der Waals surface area contributed by atoms with Gasteiger partial charge in [0.05, 0.1) is 4.92 Å². The number of carbonyl (C=O) groups is 2. The second-order valence-corrected chi connectivity index (χ2v) is 5.22. The van der Waals surface area contributed by atoms with Crippen LogP contribution in [0.4, 0.5) is 11.4 Å². The van der Waals surface area contributed by atoms with E-state index in [1.165, 1.54) is 25.1 Å². The summed E-state index contributed by atoms with van der Waals surface area (Å²) in [6.45, 7) is 2.58. The van der Waals surface area contributed by atoms with Gasteiger partial charge in [0.15, 0.2) is 0 Å². The summed E-state index contributed by atoms with van der Waals surface area (Å²) in [5, 5.41) is 11.2. The molecule has 0 bridgehead atoms. The molecule has 1 fully saturated rings. The number of piperidine rings is 1. The first-order valence-electron chi connectivity index (χ1n) is 6.73. The first-order valence-corrected chi connectivity index (χ1v) is 6.73. The fourth-order valence-corrected chi connectivity index (χ4v) is 2.61.